The molecule has 0 aromatic heterocycles. The average Bonchev–Trinajstić information content (AvgIpc) is 2.80. The SMILES string of the molecule is CCOC(=O)C/C(=C/C1C=Nc2cc(Cl)ccc21)NC(C)=O. The van der Waals surface area contributed by atoms with Crippen molar-refractivity contribution in [2.45, 2.75) is 26.2 Å². The quantitative estimate of drug-likeness (QED) is 0.848. The summed E-state index contributed by atoms with van der Waals surface area (Å²) in [5, 5.41) is 3.29. The maximum Gasteiger partial charge on any atom is 0.311 e. The summed E-state index contributed by atoms with van der Waals surface area (Å²) < 4.78 is 4.92. The van der Waals surface area contributed by atoms with E-state index >= 15 is 0 Å². The van der Waals surface area contributed by atoms with Crippen LogP contribution in [0, 0.1) is 0 Å². The molecule has 1 N–H and O–H groups in total. The van der Waals surface area contributed by atoms with E-state index in [-0.39, 0.29) is 24.2 Å². The number of amides is 1. The Morgan fingerprint density at radius 2 is 2.23 bits per heavy atom. The minimum absolute atomic E-state index is 0.0146. The molecule has 0 fully saturated rings. The zero-order valence-electron chi connectivity index (χ0n) is 12.4. The summed E-state index contributed by atoms with van der Waals surface area (Å²) in [4.78, 5) is 27.2. The number of aliphatic imine (C=N–C) groups is 1. The fourth-order valence-corrected chi connectivity index (χ4v) is 2.41. The fourth-order valence-electron chi connectivity index (χ4n) is 2.24. The molecule has 0 saturated carbocycles. The van der Waals surface area contributed by atoms with E-state index in [0.717, 1.165) is 11.3 Å². The van der Waals surface area contributed by atoms with Crippen molar-refractivity contribution in [2.75, 3.05) is 6.61 Å². The highest BCUT2D eigenvalue weighted by atomic mass is 35.5. The summed E-state index contributed by atoms with van der Waals surface area (Å²) in [5.41, 5.74) is 2.29. The summed E-state index contributed by atoms with van der Waals surface area (Å²) in [6.07, 6.45) is 3.58. The van der Waals surface area contributed by atoms with Crippen LogP contribution in [0.25, 0.3) is 0 Å². The number of halogens is 1. The first kappa shape index (κ1) is 16.2. The van der Waals surface area contributed by atoms with Gasteiger partial charge in [-0.05, 0) is 24.6 Å². The molecule has 1 unspecified atom stereocenters. The number of hydrogen-bond acceptors (Lipinski definition) is 4. The van der Waals surface area contributed by atoms with Gasteiger partial charge in [-0.25, -0.2) is 0 Å². The van der Waals surface area contributed by atoms with Gasteiger partial charge in [-0.2, -0.15) is 0 Å². The zero-order valence-corrected chi connectivity index (χ0v) is 13.2. The van der Waals surface area contributed by atoms with Crippen molar-refractivity contribution >= 4 is 35.4 Å². The van der Waals surface area contributed by atoms with Gasteiger partial charge in [0.1, 0.15) is 0 Å². The summed E-state index contributed by atoms with van der Waals surface area (Å²) in [5.74, 6) is -0.723. The van der Waals surface area contributed by atoms with Crippen LogP contribution in [0.15, 0.2) is 35.0 Å². The van der Waals surface area contributed by atoms with Crippen LogP contribution in [0.2, 0.25) is 5.02 Å². The van der Waals surface area contributed by atoms with Crippen LogP contribution in [0.5, 0.6) is 0 Å². The zero-order chi connectivity index (χ0) is 16.1. The van der Waals surface area contributed by atoms with Gasteiger partial charge in [0, 0.05) is 29.8 Å². The minimum Gasteiger partial charge on any atom is -0.466 e. The van der Waals surface area contributed by atoms with Gasteiger partial charge in [-0.3, -0.25) is 14.6 Å². The number of nitrogens with zero attached hydrogens (tertiary/aromatic N) is 1. The van der Waals surface area contributed by atoms with Gasteiger partial charge in [0.2, 0.25) is 5.91 Å². The standard InChI is InChI=1S/C16H17ClN2O3/c1-3-22-16(21)8-13(19-10(2)20)6-11-9-18-15-7-12(17)4-5-14(11)15/h4-7,9,11H,3,8H2,1-2H3,(H,19,20)/b13-6-. The number of carbonyl (C=O) groups is 2. The third kappa shape index (κ3) is 4.18. The second-order valence-corrected chi connectivity index (χ2v) is 5.30. The molecule has 0 radical (unpaired) electrons. The maximum atomic E-state index is 11.6. The van der Waals surface area contributed by atoms with Crippen molar-refractivity contribution in [1.82, 2.24) is 5.32 Å². The Morgan fingerprint density at radius 1 is 1.45 bits per heavy atom. The molecule has 22 heavy (non-hydrogen) atoms. The molecule has 1 aliphatic heterocycles. The van der Waals surface area contributed by atoms with Crippen molar-refractivity contribution in [1.29, 1.82) is 0 Å². The van der Waals surface area contributed by atoms with Crippen molar-refractivity contribution in [3.05, 3.63) is 40.6 Å². The van der Waals surface area contributed by atoms with Crippen LogP contribution in [-0.4, -0.2) is 24.7 Å². The molecular formula is C16H17ClN2O3. The molecule has 2 rings (SSSR count). The van der Waals surface area contributed by atoms with Crippen molar-refractivity contribution in [2.24, 2.45) is 4.99 Å². The highest BCUT2D eigenvalue weighted by Crippen LogP contribution is 2.35. The predicted molar refractivity (Wildman–Crippen MR) is 85.5 cm³/mol. The van der Waals surface area contributed by atoms with Crippen molar-refractivity contribution < 1.29 is 14.3 Å². The number of allylic oxidation sites excluding steroid dienone is 1. The Bertz CT molecular complexity index is 653. The maximum absolute atomic E-state index is 11.6. The number of nitrogens with one attached hydrogen (secondary N) is 1. The van der Waals surface area contributed by atoms with E-state index in [1.54, 1.807) is 25.3 Å². The normalized spacial score (nSPS) is 16.3. The van der Waals surface area contributed by atoms with Crippen LogP contribution in [0.1, 0.15) is 31.7 Å². The van der Waals surface area contributed by atoms with Gasteiger partial charge >= 0.3 is 5.97 Å². The van der Waals surface area contributed by atoms with Gasteiger partial charge in [0.15, 0.2) is 0 Å². The number of rotatable bonds is 5. The topological polar surface area (TPSA) is 67.8 Å². The highest BCUT2D eigenvalue weighted by Gasteiger charge is 2.19. The van der Waals surface area contributed by atoms with Crippen LogP contribution >= 0.6 is 11.6 Å². The highest BCUT2D eigenvalue weighted by molar-refractivity contribution is 6.30. The van der Waals surface area contributed by atoms with E-state index in [0.29, 0.717) is 17.3 Å². The number of carbonyl (C=O) groups excluding carboxylic acids is 2. The molecule has 1 aromatic carbocycles. The Kier molecular flexibility index (Phi) is 5.33. The molecule has 0 bridgehead atoms. The molecule has 5 nitrogen and oxygen atoms in total. The lowest BCUT2D eigenvalue weighted by Gasteiger charge is -2.11. The van der Waals surface area contributed by atoms with Gasteiger partial charge in [-0.1, -0.05) is 23.7 Å². The molecule has 1 amide bonds. The first-order valence-corrected chi connectivity index (χ1v) is 7.35. The monoisotopic (exact) mass is 320 g/mol. The summed E-state index contributed by atoms with van der Waals surface area (Å²) in [6, 6.07) is 5.46. The van der Waals surface area contributed by atoms with Gasteiger partial charge in [0.25, 0.3) is 0 Å². The molecule has 116 valence electrons. The Morgan fingerprint density at radius 3 is 2.91 bits per heavy atom. The van der Waals surface area contributed by atoms with Crippen molar-refractivity contribution in [3.63, 3.8) is 0 Å². The number of esters is 1. The number of fused-ring (bicyclic) bond motifs is 1. The number of ether oxygens (including phenoxy) is 1. The molecule has 6 heteroatoms. The van der Waals surface area contributed by atoms with Gasteiger partial charge < -0.3 is 10.1 Å². The third-order valence-corrected chi connectivity index (χ3v) is 3.32. The molecule has 1 aromatic rings. The van der Waals surface area contributed by atoms with Crippen LogP contribution < -0.4 is 5.32 Å². The third-order valence-electron chi connectivity index (χ3n) is 3.08. The smallest absolute Gasteiger partial charge is 0.311 e. The fraction of sp³-hybridized carbons (Fsp3) is 0.312. The Balaban J connectivity index is 2.21. The summed E-state index contributed by atoms with van der Waals surface area (Å²) in [6.45, 7) is 3.44. The second kappa shape index (κ2) is 7.22. The Hall–Kier alpha value is -2.14. The predicted octanol–water partition coefficient (Wildman–Crippen LogP) is 3.11. The lowest BCUT2D eigenvalue weighted by Crippen LogP contribution is -2.22. The largest absolute Gasteiger partial charge is 0.466 e. The van der Waals surface area contributed by atoms with Crippen LogP contribution in [0.3, 0.4) is 0 Å². The number of hydrogen-bond donors (Lipinski definition) is 1. The van der Waals surface area contributed by atoms with E-state index in [9.17, 15) is 9.59 Å². The lowest BCUT2D eigenvalue weighted by atomic mass is 9.99. The first-order valence-electron chi connectivity index (χ1n) is 6.97. The molecule has 0 spiro atoms. The first-order chi connectivity index (χ1) is 10.5. The van der Waals surface area contributed by atoms with Gasteiger partial charge in [0.05, 0.1) is 18.7 Å². The van der Waals surface area contributed by atoms with E-state index in [4.69, 9.17) is 16.3 Å². The molecule has 1 aliphatic rings. The number of benzene rings is 1. The van der Waals surface area contributed by atoms with Crippen LogP contribution in [-0.2, 0) is 14.3 Å². The summed E-state index contributed by atoms with van der Waals surface area (Å²) in [7, 11) is 0. The lowest BCUT2D eigenvalue weighted by molar-refractivity contribution is -0.142. The van der Waals surface area contributed by atoms with E-state index < -0.39 is 0 Å². The molecule has 1 heterocycles. The Labute approximate surface area is 134 Å². The van der Waals surface area contributed by atoms with Gasteiger partial charge in [-0.15, -0.1) is 0 Å². The van der Waals surface area contributed by atoms with E-state index in [1.165, 1.54) is 6.92 Å². The molecule has 0 aliphatic carbocycles. The summed E-state index contributed by atoms with van der Waals surface area (Å²) >= 11 is 5.94. The van der Waals surface area contributed by atoms with Crippen LogP contribution in [0.4, 0.5) is 5.69 Å². The minimum atomic E-state index is -0.381. The van der Waals surface area contributed by atoms with E-state index in [1.807, 2.05) is 12.1 Å². The molecular weight excluding hydrogens is 304 g/mol. The average molecular weight is 321 g/mol. The van der Waals surface area contributed by atoms with E-state index in [2.05, 4.69) is 10.3 Å². The van der Waals surface area contributed by atoms with Crippen molar-refractivity contribution in [3.8, 4) is 0 Å². The molecule has 1 atom stereocenters. The molecule has 0 saturated heterocycles. The second-order valence-electron chi connectivity index (χ2n) is 4.86.